The van der Waals surface area contributed by atoms with E-state index in [2.05, 4.69) is 48.4 Å². The van der Waals surface area contributed by atoms with Gasteiger partial charge in [-0.2, -0.15) is 0 Å². The molecule has 0 aromatic heterocycles. The van der Waals surface area contributed by atoms with E-state index in [9.17, 15) is 4.79 Å². The summed E-state index contributed by atoms with van der Waals surface area (Å²) in [6.45, 7) is 9.40. The van der Waals surface area contributed by atoms with Crippen LogP contribution in [-0.2, 0) is 11.3 Å². The summed E-state index contributed by atoms with van der Waals surface area (Å²) in [6.07, 6.45) is 0.518. The molecule has 1 aromatic carbocycles. The van der Waals surface area contributed by atoms with E-state index >= 15 is 0 Å². The molecule has 0 bridgehead atoms. The first-order chi connectivity index (χ1) is 9.85. The maximum atomic E-state index is 11.4. The van der Waals surface area contributed by atoms with Gasteiger partial charge in [-0.15, -0.1) is 0 Å². The lowest BCUT2D eigenvalue weighted by molar-refractivity contribution is -0.120. The van der Waals surface area contributed by atoms with Crippen LogP contribution in [0, 0.1) is 0 Å². The standard InChI is InChI=1S/C16H24ClN3O/c1-16(2,3)19-11-12-4-5-14(13(17)10-12)20-8-6-15(21)18-7-9-20/h4-5,10,19H,6-9,11H2,1-3H3,(H,18,21). The van der Waals surface area contributed by atoms with E-state index in [1.807, 2.05) is 6.07 Å². The molecule has 1 fully saturated rings. The van der Waals surface area contributed by atoms with Gasteiger partial charge in [0.1, 0.15) is 0 Å². The highest BCUT2D eigenvalue weighted by atomic mass is 35.5. The number of nitrogens with zero attached hydrogens (tertiary/aromatic N) is 1. The van der Waals surface area contributed by atoms with E-state index in [0.717, 1.165) is 23.8 Å². The average Bonchev–Trinajstić information content (AvgIpc) is 2.61. The van der Waals surface area contributed by atoms with Gasteiger partial charge in [-0.05, 0) is 38.5 Å². The fraction of sp³-hybridized carbons (Fsp3) is 0.562. The fourth-order valence-electron chi connectivity index (χ4n) is 2.29. The van der Waals surface area contributed by atoms with Crippen molar-refractivity contribution in [1.29, 1.82) is 0 Å². The molecule has 1 amide bonds. The molecule has 0 unspecified atom stereocenters. The zero-order valence-electron chi connectivity index (χ0n) is 13.0. The van der Waals surface area contributed by atoms with Gasteiger partial charge in [-0.1, -0.05) is 17.7 Å². The molecule has 0 aliphatic carbocycles. The molecule has 1 saturated heterocycles. The van der Waals surface area contributed by atoms with Gasteiger partial charge in [-0.25, -0.2) is 0 Å². The van der Waals surface area contributed by atoms with Crippen LogP contribution in [0.2, 0.25) is 5.02 Å². The molecule has 1 aromatic rings. The lowest BCUT2D eigenvalue weighted by Crippen LogP contribution is -2.35. The van der Waals surface area contributed by atoms with E-state index < -0.39 is 0 Å². The number of benzene rings is 1. The average molecular weight is 310 g/mol. The third kappa shape index (κ3) is 4.90. The quantitative estimate of drug-likeness (QED) is 0.902. The minimum absolute atomic E-state index is 0.0853. The maximum Gasteiger partial charge on any atom is 0.221 e. The molecule has 2 rings (SSSR count). The van der Waals surface area contributed by atoms with Crippen LogP contribution >= 0.6 is 11.6 Å². The predicted octanol–water partition coefficient (Wildman–Crippen LogP) is 2.55. The molecule has 0 atom stereocenters. The Labute approximate surface area is 131 Å². The molecule has 5 heteroatoms. The Kier molecular flexibility index (Phi) is 5.12. The summed E-state index contributed by atoms with van der Waals surface area (Å²) in [5.41, 5.74) is 2.26. The fourth-order valence-corrected chi connectivity index (χ4v) is 2.61. The van der Waals surface area contributed by atoms with E-state index in [1.165, 1.54) is 5.56 Å². The zero-order chi connectivity index (χ0) is 15.5. The maximum absolute atomic E-state index is 11.4. The van der Waals surface area contributed by atoms with Crippen molar-refractivity contribution >= 4 is 23.2 Å². The summed E-state index contributed by atoms with van der Waals surface area (Å²) in [6, 6.07) is 6.16. The Bertz CT molecular complexity index is 511. The van der Waals surface area contributed by atoms with E-state index in [0.29, 0.717) is 19.5 Å². The SMILES string of the molecule is CC(C)(C)NCc1ccc(N2CCNC(=O)CC2)c(Cl)c1. The molecule has 116 valence electrons. The van der Waals surface area contributed by atoms with Gasteiger partial charge in [0.15, 0.2) is 0 Å². The van der Waals surface area contributed by atoms with Gasteiger partial charge in [-0.3, -0.25) is 4.79 Å². The van der Waals surface area contributed by atoms with Crippen molar-refractivity contribution in [3.05, 3.63) is 28.8 Å². The van der Waals surface area contributed by atoms with Crippen molar-refractivity contribution in [3.8, 4) is 0 Å². The van der Waals surface area contributed by atoms with Gasteiger partial charge in [0.2, 0.25) is 5.91 Å². The molecule has 1 aliphatic rings. The first-order valence-corrected chi connectivity index (χ1v) is 7.78. The van der Waals surface area contributed by atoms with E-state index in [-0.39, 0.29) is 11.4 Å². The molecule has 2 N–H and O–H groups in total. The summed E-state index contributed by atoms with van der Waals surface area (Å²) in [7, 11) is 0. The van der Waals surface area contributed by atoms with Crippen LogP contribution in [0.25, 0.3) is 0 Å². The zero-order valence-corrected chi connectivity index (χ0v) is 13.8. The van der Waals surface area contributed by atoms with Crippen LogP contribution in [0.4, 0.5) is 5.69 Å². The summed E-state index contributed by atoms with van der Waals surface area (Å²) < 4.78 is 0. The van der Waals surface area contributed by atoms with E-state index in [4.69, 9.17) is 11.6 Å². The number of halogens is 1. The minimum Gasteiger partial charge on any atom is -0.368 e. The number of rotatable bonds is 3. The number of carbonyl (C=O) groups excluding carboxylic acids is 1. The second kappa shape index (κ2) is 6.67. The van der Waals surface area contributed by atoms with E-state index in [1.54, 1.807) is 0 Å². The Morgan fingerprint density at radius 3 is 2.76 bits per heavy atom. The lowest BCUT2D eigenvalue weighted by Gasteiger charge is -2.24. The first-order valence-electron chi connectivity index (χ1n) is 7.40. The van der Waals surface area contributed by atoms with Gasteiger partial charge in [0.25, 0.3) is 0 Å². The van der Waals surface area contributed by atoms with Crippen molar-refractivity contribution in [1.82, 2.24) is 10.6 Å². The van der Waals surface area contributed by atoms with Gasteiger partial charge in [0.05, 0.1) is 10.7 Å². The molecule has 0 radical (unpaired) electrons. The highest BCUT2D eigenvalue weighted by Gasteiger charge is 2.16. The Morgan fingerprint density at radius 2 is 2.10 bits per heavy atom. The van der Waals surface area contributed by atoms with Crippen LogP contribution < -0.4 is 15.5 Å². The topological polar surface area (TPSA) is 44.4 Å². The summed E-state index contributed by atoms with van der Waals surface area (Å²) in [5, 5.41) is 7.08. The lowest BCUT2D eigenvalue weighted by atomic mass is 10.1. The Morgan fingerprint density at radius 1 is 1.33 bits per heavy atom. The van der Waals surface area contributed by atoms with Crippen molar-refractivity contribution < 1.29 is 4.79 Å². The highest BCUT2D eigenvalue weighted by Crippen LogP contribution is 2.27. The van der Waals surface area contributed by atoms with Crippen LogP contribution in [-0.4, -0.2) is 31.1 Å². The largest absolute Gasteiger partial charge is 0.368 e. The normalized spacial score (nSPS) is 16.6. The second-order valence-corrected chi connectivity index (χ2v) is 6.88. The predicted molar refractivity (Wildman–Crippen MR) is 87.9 cm³/mol. The molecule has 0 saturated carbocycles. The van der Waals surface area contributed by atoms with Crippen LogP contribution in [0.3, 0.4) is 0 Å². The Balaban J connectivity index is 2.06. The van der Waals surface area contributed by atoms with Crippen molar-refractivity contribution in [3.63, 3.8) is 0 Å². The minimum atomic E-state index is 0.0853. The third-order valence-electron chi connectivity index (χ3n) is 3.49. The van der Waals surface area contributed by atoms with Gasteiger partial charge in [0, 0.05) is 38.1 Å². The van der Waals surface area contributed by atoms with Crippen LogP contribution in [0.5, 0.6) is 0 Å². The number of hydrogen-bond acceptors (Lipinski definition) is 3. The summed E-state index contributed by atoms with van der Waals surface area (Å²) >= 11 is 6.43. The number of amides is 1. The number of hydrogen-bond donors (Lipinski definition) is 2. The third-order valence-corrected chi connectivity index (χ3v) is 3.79. The van der Waals surface area contributed by atoms with Crippen molar-refractivity contribution in [2.75, 3.05) is 24.5 Å². The molecular weight excluding hydrogens is 286 g/mol. The molecule has 4 nitrogen and oxygen atoms in total. The van der Waals surface area contributed by atoms with Crippen LogP contribution in [0.15, 0.2) is 18.2 Å². The van der Waals surface area contributed by atoms with Gasteiger partial charge >= 0.3 is 0 Å². The van der Waals surface area contributed by atoms with Crippen LogP contribution in [0.1, 0.15) is 32.8 Å². The second-order valence-electron chi connectivity index (χ2n) is 6.48. The first kappa shape index (κ1) is 16.1. The van der Waals surface area contributed by atoms with Gasteiger partial charge < -0.3 is 15.5 Å². The number of carbonyl (C=O) groups is 1. The Hall–Kier alpha value is -1.26. The molecule has 1 aliphatic heterocycles. The summed E-state index contributed by atoms with van der Waals surface area (Å²) in [5.74, 6) is 0.111. The van der Waals surface area contributed by atoms with Crippen molar-refractivity contribution in [2.45, 2.75) is 39.3 Å². The molecule has 1 heterocycles. The number of anilines is 1. The number of nitrogens with one attached hydrogen (secondary N) is 2. The molecule has 21 heavy (non-hydrogen) atoms. The smallest absolute Gasteiger partial charge is 0.221 e. The highest BCUT2D eigenvalue weighted by molar-refractivity contribution is 6.33. The molecular formula is C16H24ClN3O. The monoisotopic (exact) mass is 309 g/mol. The van der Waals surface area contributed by atoms with Crippen molar-refractivity contribution in [2.24, 2.45) is 0 Å². The molecule has 0 spiro atoms. The summed E-state index contributed by atoms with van der Waals surface area (Å²) in [4.78, 5) is 13.6.